The van der Waals surface area contributed by atoms with Gasteiger partial charge < -0.3 is 4.74 Å². The third kappa shape index (κ3) is 3.97. The molecule has 0 atom stereocenters. The Bertz CT molecular complexity index is 1010. The van der Waals surface area contributed by atoms with E-state index >= 15 is 0 Å². The predicted molar refractivity (Wildman–Crippen MR) is 97.2 cm³/mol. The molecule has 3 aromatic rings. The zero-order chi connectivity index (χ0) is 17.9. The van der Waals surface area contributed by atoms with Crippen LogP contribution in [0.25, 0.3) is 10.8 Å². The molecule has 2 aromatic carbocycles. The number of ether oxygens (including phenoxy) is 1. The average molecular weight is 376 g/mol. The molecule has 0 aliphatic heterocycles. The smallest absolute Gasteiger partial charge is 0.311 e. The highest BCUT2D eigenvalue weighted by Gasteiger charge is 2.19. The van der Waals surface area contributed by atoms with E-state index in [-0.39, 0.29) is 16.4 Å². The summed E-state index contributed by atoms with van der Waals surface area (Å²) >= 11 is 1.13. The number of carbonyl (C=O) groups is 1. The van der Waals surface area contributed by atoms with Crippen LogP contribution in [0.5, 0.6) is 0 Å². The number of sulfonamides is 1. The van der Waals surface area contributed by atoms with Gasteiger partial charge in [-0.3, -0.25) is 9.52 Å². The fraction of sp³-hybridized carbons (Fsp3) is 0.176. The fourth-order valence-corrected chi connectivity index (χ4v) is 4.59. The molecule has 0 unspecified atom stereocenters. The van der Waals surface area contributed by atoms with Crippen molar-refractivity contribution >= 4 is 43.2 Å². The first kappa shape index (κ1) is 17.4. The van der Waals surface area contributed by atoms with Gasteiger partial charge in [0.15, 0.2) is 5.13 Å². The van der Waals surface area contributed by atoms with E-state index in [2.05, 4.69) is 9.71 Å². The normalized spacial score (nSPS) is 11.4. The van der Waals surface area contributed by atoms with Crippen LogP contribution in [-0.4, -0.2) is 26.0 Å². The molecular formula is C17H16N2O4S2. The van der Waals surface area contributed by atoms with Gasteiger partial charge in [0.05, 0.1) is 23.6 Å². The minimum absolute atomic E-state index is 0.0142. The molecule has 1 N–H and O–H groups in total. The Morgan fingerprint density at radius 3 is 2.76 bits per heavy atom. The molecular weight excluding hydrogens is 360 g/mol. The van der Waals surface area contributed by atoms with Gasteiger partial charge in [-0.15, -0.1) is 11.3 Å². The minimum atomic E-state index is -3.78. The van der Waals surface area contributed by atoms with Gasteiger partial charge in [-0.2, -0.15) is 0 Å². The molecule has 1 aromatic heterocycles. The first-order valence-corrected chi connectivity index (χ1v) is 9.96. The summed E-state index contributed by atoms with van der Waals surface area (Å²) in [4.78, 5) is 15.8. The summed E-state index contributed by atoms with van der Waals surface area (Å²) in [5.74, 6) is -0.392. The van der Waals surface area contributed by atoms with Crippen molar-refractivity contribution in [1.82, 2.24) is 4.98 Å². The lowest BCUT2D eigenvalue weighted by molar-refractivity contribution is -0.142. The lowest BCUT2D eigenvalue weighted by Crippen LogP contribution is -2.13. The summed E-state index contributed by atoms with van der Waals surface area (Å²) in [5, 5.41) is 3.33. The number of thiazole rings is 1. The largest absolute Gasteiger partial charge is 0.466 e. The van der Waals surface area contributed by atoms with Gasteiger partial charge in [-0.25, -0.2) is 13.4 Å². The number of esters is 1. The highest BCUT2D eigenvalue weighted by molar-refractivity contribution is 7.93. The maximum Gasteiger partial charge on any atom is 0.311 e. The van der Waals surface area contributed by atoms with Crippen molar-refractivity contribution in [2.24, 2.45) is 0 Å². The maximum atomic E-state index is 12.7. The molecule has 0 saturated carbocycles. The Labute approximate surface area is 149 Å². The second-order valence-corrected chi connectivity index (χ2v) is 7.72. The van der Waals surface area contributed by atoms with E-state index in [4.69, 9.17) is 4.74 Å². The Kier molecular flexibility index (Phi) is 5.00. The van der Waals surface area contributed by atoms with E-state index in [0.29, 0.717) is 17.7 Å². The zero-order valence-corrected chi connectivity index (χ0v) is 15.1. The molecule has 0 radical (unpaired) electrons. The van der Waals surface area contributed by atoms with Crippen LogP contribution < -0.4 is 4.72 Å². The molecule has 6 nitrogen and oxygen atoms in total. The topological polar surface area (TPSA) is 85.4 Å². The summed E-state index contributed by atoms with van der Waals surface area (Å²) in [6.45, 7) is 2.02. The molecule has 0 amide bonds. The van der Waals surface area contributed by atoms with Gasteiger partial charge in [-0.05, 0) is 18.4 Å². The number of benzene rings is 2. The molecule has 130 valence electrons. The number of carbonyl (C=O) groups excluding carboxylic acids is 1. The fourth-order valence-electron chi connectivity index (χ4n) is 2.39. The molecule has 0 fully saturated rings. The van der Waals surface area contributed by atoms with Crippen molar-refractivity contribution in [1.29, 1.82) is 0 Å². The Morgan fingerprint density at radius 2 is 1.96 bits per heavy atom. The Hall–Kier alpha value is -2.45. The number of hydrogen-bond donors (Lipinski definition) is 1. The van der Waals surface area contributed by atoms with Crippen LogP contribution in [0.1, 0.15) is 12.6 Å². The van der Waals surface area contributed by atoms with Gasteiger partial charge in [0.2, 0.25) is 0 Å². The molecule has 0 aliphatic rings. The SMILES string of the molecule is CCOC(=O)Cc1csc(NS(=O)(=O)c2cccc3ccccc23)n1. The van der Waals surface area contributed by atoms with Crippen molar-refractivity contribution in [3.8, 4) is 0 Å². The number of nitrogens with one attached hydrogen (secondary N) is 1. The first-order chi connectivity index (χ1) is 12.0. The highest BCUT2D eigenvalue weighted by atomic mass is 32.2. The minimum Gasteiger partial charge on any atom is -0.466 e. The van der Waals surface area contributed by atoms with E-state index in [0.717, 1.165) is 16.7 Å². The van der Waals surface area contributed by atoms with Crippen LogP contribution in [-0.2, 0) is 26.0 Å². The number of nitrogens with zero attached hydrogens (tertiary/aromatic N) is 1. The van der Waals surface area contributed by atoms with Crippen LogP contribution in [0.2, 0.25) is 0 Å². The number of anilines is 1. The molecule has 8 heteroatoms. The third-order valence-electron chi connectivity index (χ3n) is 3.44. The number of hydrogen-bond acceptors (Lipinski definition) is 6. The van der Waals surface area contributed by atoms with Gasteiger partial charge in [-0.1, -0.05) is 36.4 Å². The van der Waals surface area contributed by atoms with Crippen molar-refractivity contribution in [3.05, 3.63) is 53.5 Å². The summed E-state index contributed by atoms with van der Waals surface area (Å²) in [7, 11) is -3.78. The summed E-state index contributed by atoms with van der Waals surface area (Å²) < 4.78 is 32.8. The van der Waals surface area contributed by atoms with E-state index in [9.17, 15) is 13.2 Å². The molecule has 0 aliphatic carbocycles. The van der Waals surface area contributed by atoms with Crippen LogP contribution in [0.15, 0.2) is 52.7 Å². The van der Waals surface area contributed by atoms with E-state index in [1.807, 2.05) is 18.2 Å². The lowest BCUT2D eigenvalue weighted by Gasteiger charge is -2.08. The number of rotatable bonds is 6. The zero-order valence-electron chi connectivity index (χ0n) is 13.4. The molecule has 0 spiro atoms. The van der Waals surface area contributed by atoms with Crippen LogP contribution in [0, 0.1) is 0 Å². The van der Waals surface area contributed by atoms with Gasteiger partial charge >= 0.3 is 5.97 Å². The Balaban J connectivity index is 1.84. The summed E-state index contributed by atoms with van der Waals surface area (Å²) in [6.07, 6.45) is 0.0142. The van der Waals surface area contributed by atoms with Crippen molar-refractivity contribution < 1.29 is 17.9 Å². The second-order valence-electron chi connectivity index (χ2n) is 5.21. The van der Waals surface area contributed by atoms with E-state index in [1.165, 1.54) is 0 Å². The van der Waals surface area contributed by atoms with Crippen LogP contribution >= 0.6 is 11.3 Å². The number of aromatic nitrogens is 1. The van der Waals surface area contributed by atoms with Crippen molar-refractivity contribution in [2.45, 2.75) is 18.2 Å². The average Bonchev–Trinajstić information content (AvgIpc) is 3.00. The molecule has 1 heterocycles. The molecule has 0 saturated heterocycles. The molecule has 3 rings (SSSR count). The number of fused-ring (bicyclic) bond motifs is 1. The first-order valence-electron chi connectivity index (χ1n) is 7.60. The molecule has 25 heavy (non-hydrogen) atoms. The molecule has 0 bridgehead atoms. The quantitative estimate of drug-likeness (QED) is 0.668. The second kappa shape index (κ2) is 7.20. The van der Waals surface area contributed by atoms with Crippen molar-refractivity contribution in [2.75, 3.05) is 11.3 Å². The standard InChI is InChI=1S/C17H16N2O4S2/c1-2-23-16(20)10-13-11-24-17(18-13)19-25(21,22)15-9-5-7-12-6-3-4-8-14(12)15/h3-9,11H,2,10H2,1H3,(H,18,19). The maximum absolute atomic E-state index is 12.7. The van der Waals surface area contributed by atoms with E-state index < -0.39 is 16.0 Å². The highest BCUT2D eigenvalue weighted by Crippen LogP contribution is 2.26. The lowest BCUT2D eigenvalue weighted by atomic mass is 10.1. The van der Waals surface area contributed by atoms with Crippen molar-refractivity contribution in [3.63, 3.8) is 0 Å². The van der Waals surface area contributed by atoms with Crippen LogP contribution in [0.3, 0.4) is 0 Å². The van der Waals surface area contributed by atoms with Gasteiger partial charge in [0, 0.05) is 10.8 Å². The van der Waals surface area contributed by atoms with E-state index in [1.54, 1.807) is 36.6 Å². The Morgan fingerprint density at radius 1 is 1.20 bits per heavy atom. The monoisotopic (exact) mass is 376 g/mol. The summed E-state index contributed by atoms with van der Waals surface area (Å²) in [6, 6.07) is 12.4. The third-order valence-corrected chi connectivity index (χ3v) is 5.78. The van der Waals surface area contributed by atoms with Gasteiger partial charge in [0.1, 0.15) is 0 Å². The van der Waals surface area contributed by atoms with Gasteiger partial charge in [0.25, 0.3) is 10.0 Å². The predicted octanol–water partition coefficient (Wildman–Crippen LogP) is 3.20. The summed E-state index contributed by atoms with van der Waals surface area (Å²) in [5.41, 5.74) is 0.471. The van der Waals surface area contributed by atoms with Crippen LogP contribution in [0.4, 0.5) is 5.13 Å².